The lowest BCUT2D eigenvalue weighted by molar-refractivity contribution is -0.0530. The van der Waals surface area contributed by atoms with Crippen LogP contribution in [0.25, 0.3) is 0 Å². The summed E-state index contributed by atoms with van der Waals surface area (Å²) >= 11 is 0. The summed E-state index contributed by atoms with van der Waals surface area (Å²) in [5.74, 6) is 0.317. The van der Waals surface area contributed by atoms with Gasteiger partial charge in [0, 0.05) is 24.8 Å². The van der Waals surface area contributed by atoms with Crippen molar-refractivity contribution in [3.63, 3.8) is 0 Å². The molecule has 0 radical (unpaired) electrons. The number of urea groups is 1. The lowest BCUT2D eigenvalue weighted by Crippen LogP contribution is -2.49. The zero-order valence-electron chi connectivity index (χ0n) is 14.9. The fourth-order valence-corrected chi connectivity index (χ4v) is 3.00. The summed E-state index contributed by atoms with van der Waals surface area (Å²) in [4.78, 5) is 14.2. The number of carbonyl (C=O) groups is 1. The molecule has 1 aliphatic rings. The van der Waals surface area contributed by atoms with Gasteiger partial charge in [-0.1, -0.05) is 18.2 Å². The Morgan fingerprint density at radius 1 is 1.19 bits per heavy atom. The molecule has 2 amide bonds. The Labute approximate surface area is 152 Å². The standard InChI is InChI=1S/C20H23FN2O3/c1-14-11-23(12-15(2)26-14)20(24)22-18-7-4-8-19(10-18)25-13-16-5-3-6-17(21)9-16/h3-10,14-15H,11-13H2,1-2H3,(H,22,24). The lowest BCUT2D eigenvalue weighted by Gasteiger charge is -2.35. The smallest absolute Gasteiger partial charge is 0.322 e. The molecule has 0 aromatic heterocycles. The lowest BCUT2D eigenvalue weighted by atomic mass is 10.2. The van der Waals surface area contributed by atoms with Gasteiger partial charge in [-0.05, 0) is 43.7 Å². The Balaban J connectivity index is 1.59. The van der Waals surface area contributed by atoms with Gasteiger partial charge in [0.25, 0.3) is 0 Å². The zero-order valence-corrected chi connectivity index (χ0v) is 14.9. The van der Waals surface area contributed by atoms with Gasteiger partial charge >= 0.3 is 6.03 Å². The largest absolute Gasteiger partial charge is 0.489 e. The van der Waals surface area contributed by atoms with E-state index in [0.717, 1.165) is 5.56 Å². The van der Waals surface area contributed by atoms with Gasteiger partial charge in [0.1, 0.15) is 18.2 Å². The second-order valence-corrected chi connectivity index (χ2v) is 6.54. The molecule has 1 saturated heterocycles. The van der Waals surface area contributed by atoms with Gasteiger partial charge in [0.2, 0.25) is 0 Å². The molecular formula is C20H23FN2O3. The van der Waals surface area contributed by atoms with Crippen molar-refractivity contribution in [3.8, 4) is 5.75 Å². The molecule has 3 rings (SSSR count). The van der Waals surface area contributed by atoms with Crippen LogP contribution in [0.3, 0.4) is 0 Å². The molecule has 26 heavy (non-hydrogen) atoms. The molecule has 0 bridgehead atoms. The number of hydrogen-bond acceptors (Lipinski definition) is 3. The van der Waals surface area contributed by atoms with Crippen LogP contribution in [-0.4, -0.2) is 36.2 Å². The first-order chi connectivity index (χ1) is 12.5. The molecular weight excluding hydrogens is 335 g/mol. The Hall–Kier alpha value is -2.60. The third-order valence-electron chi connectivity index (χ3n) is 4.09. The minimum absolute atomic E-state index is 0.0189. The van der Waals surface area contributed by atoms with Crippen LogP contribution >= 0.6 is 0 Å². The summed E-state index contributed by atoms with van der Waals surface area (Å²) in [6, 6.07) is 13.3. The fraction of sp³-hybridized carbons (Fsp3) is 0.350. The summed E-state index contributed by atoms with van der Waals surface area (Å²) < 4.78 is 24.6. The van der Waals surface area contributed by atoms with Crippen molar-refractivity contribution in [3.05, 3.63) is 59.9 Å². The van der Waals surface area contributed by atoms with Crippen molar-refractivity contribution in [1.29, 1.82) is 0 Å². The maximum atomic E-state index is 13.2. The van der Waals surface area contributed by atoms with E-state index in [1.165, 1.54) is 12.1 Å². The van der Waals surface area contributed by atoms with Gasteiger partial charge < -0.3 is 19.7 Å². The van der Waals surface area contributed by atoms with Gasteiger partial charge in [-0.15, -0.1) is 0 Å². The maximum Gasteiger partial charge on any atom is 0.322 e. The van der Waals surface area contributed by atoms with Crippen LogP contribution in [0.15, 0.2) is 48.5 Å². The number of amides is 2. The van der Waals surface area contributed by atoms with Crippen LogP contribution in [0, 0.1) is 5.82 Å². The van der Waals surface area contributed by atoms with E-state index in [1.807, 2.05) is 13.8 Å². The van der Waals surface area contributed by atoms with Crippen LogP contribution in [0.2, 0.25) is 0 Å². The molecule has 138 valence electrons. The molecule has 2 aromatic carbocycles. The molecule has 0 saturated carbocycles. The first-order valence-corrected chi connectivity index (χ1v) is 8.68. The van der Waals surface area contributed by atoms with E-state index in [0.29, 0.717) is 24.5 Å². The molecule has 2 unspecified atom stereocenters. The van der Waals surface area contributed by atoms with Crippen molar-refractivity contribution in [2.75, 3.05) is 18.4 Å². The van der Waals surface area contributed by atoms with E-state index in [2.05, 4.69) is 5.32 Å². The van der Waals surface area contributed by atoms with Gasteiger partial charge in [-0.2, -0.15) is 0 Å². The molecule has 1 heterocycles. The third-order valence-corrected chi connectivity index (χ3v) is 4.09. The van der Waals surface area contributed by atoms with Crippen molar-refractivity contribution in [2.45, 2.75) is 32.7 Å². The number of benzene rings is 2. The number of rotatable bonds is 4. The molecule has 2 aromatic rings. The van der Waals surface area contributed by atoms with Gasteiger partial charge in [-0.3, -0.25) is 0 Å². The fourth-order valence-electron chi connectivity index (χ4n) is 3.00. The van der Waals surface area contributed by atoms with Crippen molar-refractivity contribution >= 4 is 11.7 Å². The Morgan fingerprint density at radius 2 is 1.92 bits per heavy atom. The Bertz CT molecular complexity index is 758. The van der Waals surface area contributed by atoms with E-state index in [-0.39, 0.29) is 30.7 Å². The van der Waals surface area contributed by atoms with E-state index in [4.69, 9.17) is 9.47 Å². The highest BCUT2D eigenvalue weighted by Crippen LogP contribution is 2.20. The van der Waals surface area contributed by atoms with Gasteiger partial charge in [0.05, 0.1) is 12.2 Å². The summed E-state index contributed by atoms with van der Waals surface area (Å²) in [5.41, 5.74) is 1.40. The second-order valence-electron chi connectivity index (χ2n) is 6.54. The number of ether oxygens (including phenoxy) is 2. The number of halogens is 1. The average molecular weight is 358 g/mol. The van der Waals surface area contributed by atoms with Crippen LogP contribution in [0.5, 0.6) is 5.75 Å². The van der Waals surface area contributed by atoms with Gasteiger partial charge in [0.15, 0.2) is 0 Å². The highest BCUT2D eigenvalue weighted by atomic mass is 19.1. The van der Waals surface area contributed by atoms with Crippen LogP contribution in [-0.2, 0) is 11.3 Å². The monoisotopic (exact) mass is 358 g/mol. The topological polar surface area (TPSA) is 50.8 Å². The average Bonchev–Trinajstić information content (AvgIpc) is 2.59. The number of carbonyl (C=O) groups excluding carboxylic acids is 1. The summed E-state index contributed by atoms with van der Waals surface area (Å²) in [6.07, 6.45) is 0.0378. The molecule has 0 spiro atoms. The summed E-state index contributed by atoms with van der Waals surface area (Å²) in [5, 5.41) is 2.89. The Kier molecular flexibility index (Phi) is 5.73. The first-order valence-electron chi connectivity index (χ1n) is 8.68. The van der Waals surface area contributed by atoms with E-state index < -0.39 is 0 Å². The van der Waals surface area contributed by atoms with E-state index in [1.54, 1.807) is 41.3 Å². The summed E-state index contributed by atoms with van der Waals surface area (Å²) in [6.45, 7) is 5.29. The molecule has 6 heteroatoms. The van der Waals surface area contributed by atoms with Crippen molar-refractivity contribution in [2.24, 2.45) is 0 Å². The molecule has 1 N–H and O–H groups in total. The first kappa shape index (κ1) is 18.2. The third kappa shape index (κ3) is 4.95. The Morgan fingerprint density at radius 3 is 2.65 bits per heavy atom. The number of hydrogen-bond donors (Lipinski definition) is 1. The minimum Gasteiger partial charge on any atom is -0.489 e. The highest BCUT2D eigenvalue weighted by molar-refractivity contribution is 5.89. The molecule has 1 aliphatic heterocycles. The number of nitrogens with one attached hydrogen (secondary N) is 1. The van der Waals surface area contributed by atoms with E-state index in [9.17, 15) is 9.18 Å². The van der Waals surface area contributed by atoms with Gasteiger partial charge in [-0.25, -0.2) is 9.18 Å². The zero-order chi connectivity index (χ0) is 18.5. The predicted octanol–water partition coefficient (Wildman–Crippen LogP) is 4.05. The van der Waals surface area contributed by atoms with Crippen molar-refractivity contribution in [1.82, 2.24) is 4.90 Å². The van der Waals surface area contributed by atoms with Crippen LogP contribution in [0.4, 0.5) is 14.9 Å². The second kappa shape index (κ2) is 8.19. The molecule has 2 atom stereocenters. The quantitative estimate of drug-likeness (QED) is 0.897. The highest BCUT2D eigenvalue weighted by Gasteiger charge is 2.25. The molecule has 1 fully saturated rings. The predicted molar refractivity (Wildman–Crippen MR) is 97.8 cm³/mol. The molecule has 0 aliphatic carbocycles. The SMILES string of the molecule is CC1CN(C(=O)Nc2cccc(OCc3cccc(F)c3)c2)CC(C)O1. The van der Waals surface area contributed by atoms with Crippen molar-refractivity contribution < 1.29 is 18.7 Å². The number of anilines is 1. The number of morpholine rings is 1. The number of nitrogens with zero attached hydrogens (tertiary/aromatic N) is 1. The summed E-state index contributed by atoms with van der Waals surface area (Å²) in [7, 11) is 0. The minimum atomic E-state index is -0.291. The normalized spacial score (nSPS) is 19.9. The maximum absolute atomic E-state index is 13.2. The van der Waals surface area contributed by atoms with Crippen LogP contribution in [0.1, 0.15) is 19.4 Å². The molecule has 5 nitrogen and oxygen atoms in total. The van der Waals surface area contributed by atoms with E-state index >= 15 is 0 Å². The van der Waals surface area contributed by atoms with Crippen LogP contribution < -0.4 is 10.1 Å².